The Bertz CT molecular complexity index is 715. The van der Waals surface area contributed by atoms with E-state index in [0.717, 1.165) is 29.5 Å². The number of nitriles is 2. The number of amidine groups is 1. The highest BCUT2D eigenvalue weighted by molar-refractivity contribution is 8.16. The van der Waals surface area contributed by atoms with Gasteiger partial charge in [-0.05, 0) is 17.7 Å². The quantitative estimate of drug-likeness (QED) is 0.867. The van der Waals surface area contributed by atoms with Gasteiger partial charge in [0.15, 0.2) is 5.17 Å². The van der Waals surface area contributed by atoms with Gasteiger partial charge in [-0.15, -0.1) is 0 Å². The summed E-state index contributed by atoms with van der Waals surface area (Å²) in [6, 6.07) is 11.5. The van der Waals surface area contributed by atoms with E-state index in [4.69, 9.17) is 10.5 Å². The van der Waals surface area contributed by atoms with Crippen LogP contribution in [0.3, 0.4) is 0 Å². The first-order valence-corrected chi connectivity index (χ1v) is 7.26. The molecule has 1 aromatic rings. The standard InChI is InChI=1S/C15H11N5S/c16-7-11(8-17)9-19-13-3-1-12(2-4-13)14-10-21-15-18-5-6-20(14)15/h1-4,9-10,19H,5-6H2. The molecule has 0 atom stereocenters. The number of nitrogens with zero attached hydrogens (tertiary/aromatic N) is 4. The third-order valence-electron chi connectivity index (χ3n) is 3.17. The maximum absolute atomic E-state index is 8.67. The average Bonchev–Trinajstić information content (AvgIpc) is 3.12. The molecule has 1 aromatic carbocycles. The molecule has 0 radical (unpaired) electrons. The van der Waals surface area contributed by atoms with Gasteiger partial charge in [0.2, 0.25) is 0 Å². The van der Waals surface area contributed by atoms with Crippen molar-refractivity contribution in [1.29, 1.82) is 10.5 Å². The fraction of sp³-hybridized carbons (Fsp3) is 0.133. The predicted molar refractivity (Wildman–Crippen MR) is 83.9 cm³/mol. The van der Waals surface area contributed by atoms with Crippen LogP contribution in [0.5, 0.6) is 0 Å². The maximum Gasteiger partial charge on any atom is 0.168 e. The van der Waals surface area contributed by atoms with Gasteiger partial charge < -0.3 is 10.2 Å². The molecule has 0 unspecified atom stereocenters. The molecule has 2 aliphatic rings. The molecule has 0 saturated carbocycles. The lowest BCUT2D eigenvalue weighted by Gasteiger charge is -2.16. The van der Waals surface area contributed by atoms with Gasteiger partial charge in [0, 0.05) is 23.8 Å². The van der Waals surface area contributed by atoms with Crippen molar-refractivity contribution in [3.63, 3.8) is 0 Å². The fourth-order valence-corrected chi connectivity index (χ4v) is 3.09. The highest BCUT2D eigenvalue weighted by atomic mass is 32.2. The second kappa shape index (κ2) is 5.74. The van der Waals surface area contributed by atoms with Crippen molar-refractivity contribution in [3.05, 3.63) is 47.0 Å². The van der Waals surface area contributed by atoms with Gasteiger partial charge in [0.25, 0.3) is 0 Å². The Hall–Kier alpha value is -2.70. The van der Waals surface area contributed by atoms with Crippen LogP contribution in [-0.4, -0.2) is 23.2 Å². The molecule has 0 fully saturated rings. The van der Waals surface area contributed by atoms with Gasteiger partial charge in [0.05, 0.1) is 12.2 Å². The molecule has 1 N–H and O–H groups in total. The lowest BCUT2D eigenvalue weighted by molar-refractivity contribution is 0.650. The molecule has 21 heavy (non-hydrogen) atoms. The summed E-state index contributed by atoms with van der Waals surface area (Å²) < 4.78 is 0. The van der Waals surface area contributed by atoms with Gasteiger partial charge in [-0.3, -0.25) is 4.99 Å². The SMILES string of the molecule is N#CC(C#N)=CNc1ccc(C2=CSC3=NCCN23)cc1. The van der Waals surface area contributed by atoms with Gasteiger partial charge in [-0.1, -0.05) is 23.9 Å². The summed E-state index contributed by atoms with van der Waals surface area (Å²) in [6.07, 6.45) is 1.41. The number of aliphatic imine (C=N–C) groups is 1. The van der Waals surface area contributed by atoms with E-state index in [9.17, 15) is 0 Å². The Morgan fingerprint density at radius 3 is 2.76 bits per heavy atom. The average molecular weight is 293 g/mol. The van der Waals surface area contributed by atoms with E-state index in [2.05, 4.69) is 20.6 Å². The zero-order chi connectivity index (χ0) is 14.7. The van der Waals surface area contributed by atoms with Crippen LogP contribution >= 0.6 is 11.8 Å². The summed E-state index contributed by atoms with van der Waals surface area (Å²) >= 11 is 1.66. The van der Waals surface area contributed by atoms with Crippen molar-refractivity contribution in [2.75, 3.05) is 18.4 Å². The van der Waals surface area contributed by atoms with Crippen molar-refractivity contribution in [1.82, 2.24) is 4.90 Å². The number of rotatable bonds is 3. The Kier molecular flexibility index (Phi) is 3.63. The molecule has 2 heterocycles. The first-order chi connectivity index (χ1) is 10.3. The molecule has 102 valence electrons. The molecule has 3 rings (SSSR count). The van der Waals surface area contributed by atoms with E-state index in [1.54, 1.807) is 11.8 Å². The van der Waals surface area contributed by atoms with Crippen LogP contribution in [0.1, 0.15) is 5.56 Å². The number of nitrogens with one attached hydrogen (secondary N) is 1. The summed E-state index contributed by atoms with van der Waals surface area (Å²) in [6.45, 7) is 1.79. The smallest absolute Gasteiger partial charge is 0.168 e. The molecule has 5 nitrogen and oxygen atoms in total. The minimum absolute atomic E-state index is 0.0481. The van der Waals surface area contributed by atoms with Crippen molar-refractivity contribution in [2.24, 2.45) is 4.99 Å². The number of benzene rings is 1. The third-order valence-corrected chi connectivity index (χ3v) is 4.07. The van der Waals surface area contributed by atoms with Gasteiger partial charge in [-0.2, -0.15) is 10.5 Å². The van der Waals surface area contributed by atoms with Crippen LogP contribution in [0.2, 0.25) is 0 Å². The first kappa shape index (κ1) is 13.3. The van der Waals surface area contributed by atoms with Gasteiger partial charge in [0.1, 0.15) is 17.7 Å². The van der Waals surface area contributed by atoms with Crippen LogP contribution in [0.4, 0.5) is 5.69 Å². The second-order valence-corrected chi connectivity index (χ2v) is 5.28. The summed E-state index contributed by atoms with van der Waals surface area (Å²) in [5.41, 5.74) is 3.19. The van der Waals surface area contributed by atoms with Crippen LogP contribution in [0.15, 0.2) is 46.4 Å². The summed E-state index contributed by atoms with van der Waals surface area (Å²) in [7, 11) is 0. The molecule has 2 aliphatic heterocycles. The highest BCUT2D eigenvalue weighted by Crippen LogP contribution is 2.35. The number of allylic oxidation sites excluding steroid dienone is 1. The molecule has 0 amide bonds. The molecule has 6 heteroatoms. The van der Waals surface area contributed by atoms with Crippen molar-refractivity contribution in [2.45, 2.75) is 0 Å². The fourth-order valence-electron chi connectivity index (χ4n) is 2.13. The zero-order valence-corrected chi connectivity index (χ0v) is 11.9. The Balaban J connectivity index is 1.74. The minimum Gasteiger partial charge on any atom is -0.360 e. The second-order valence-electron chi connectivity index (χ2n) is 4.44. The van der Waals surface area contributed by atoms with Gasteiger partial charge >= 0.3 is 0 Å². The largest absolute Gasteiger partial charge is 0.360 e. The number of hydrogen-bond donors (Lipinski definition) is 1. The number of fused-ring (bicyclic) bond motifs is 1. The topological polar surface area (TPSA) is 75.2 Å². The normalized spacial score (nSPS) is 15.4. The lowest BCUT2D eigenvalue weighted by atomic mass is 10.1. The van der Waals surface area contributed by atoms with E-state index in [1.807, 2.05) is 36.4 Å². The third kappa shape index (κ3) is 2.62. The maximum atomic E-state index is 8.67. The lowest BCUT2D eigenvalue weighted by Crippen LogP contribution is -2.19. The van der Waals surface area contributed by atoms with Crippen LogP contribution in [-0.2, 0) is 0 Å². The van der Waals surface area contributed by atoms with Crippen LogP contribution in [0.25, 0.3) is 5.70 Å². The molecule has 0 spiro atoms. The molecular weight excluding hydrogens is 282 g/mol. The summed E-state index contributed by atoms with van der Waals surface area (Å²) in [5, 5.41) is 23.5. The van der Waals surface area contributed by atoms with Crippen molar-refractivity contribution >= 4 is 28.3 Å². The van der Waals surface area contributed by atoms with Crippen molar-refractivity contribution < 1.29 is 0 Å². The summed E-state index contributed by atoms with van der Waals surface area (Å²) in [4.78, 5) is 6.65. The monoisotopic (exact) mass is 293 g/mol. The first-order valence-electron chi connectivity index (χ1n) is 6.38. The number of thioether (sulfide) groups is 1. The Morgan fingerprint density at radius 2 is 2.05 bits per heavy atom. The van der Waals surface area contributed by atoms with E-state index in [1.165, 1.54) is 11.9 Å². The number of anilines is 1. The Morgan fingerprint density at radius 1 is 1.29 bits per heavy atom. The predicted octanol–water partition coefficient (Wildman–Crippen LogP) is 2.75. The van der Waals surface area contributed by atoms with E-state index < -0.39 is 0 Å². The Labute approximate surface area is 126 Å². The molecule has 0 aliphatic carbocycles. The molecule has 0 aromatic heterocycles. The molecule has 0 bridgehead atoms. The van der Waals surface area contributed by atoms with Crippen molar-refractivity contribution in [3.8, 4) is 12.1 Å². The van der Waals surface area contributed by atoms with E-state index >= 15 is 0 Å². The van der Waals surface area contributed by atoms with Crippen LogP contribution in [0, 0.1) is 22.7 Å². The minimum atomic E-state index is 0.0481. The van der Waals surface area contributed by atoms with E-state index in [-0.39, 0.29) is 5.57 Å². The van der Waals surface area contributed by atoms with E-state index in [0.29, 0.717) is 0 Å². The highest BCUT2D eigenvalue weighted by Gasteiger charge is 2.26. The molecule has 0 saturated heterocycles. The number of hydrogen-bond acceptors (Lipinski definition) is 6. The zero-order valence-electron chi connectivity index (χ0n) is 11.1. The summed E-state index contributed by atoms with van der Waals surface area (Å²) in [5.74, 6) is 0. The van der Waals surface area contributed by atoms with Crippen LogP contribution < -0.4 is 5.32 Å². The van der Waals surface area contributed by atoms with Gasteiger partial charge in [-0.25, -0.2) is 0 Å². The molecular formula is C15H11N5S.